The van der Waals surface area contributed by atoms with Gasteiger partial charge in [0.15, 0.2) is 0 Å². The molecule has 1 aliphatic carbocycles. The van der Waals surface area contributed by atoms with Gasteiger partial charge in [-0.1, -0.05) is 37.3 Å². The predicted molar refractivity (Wildman–Crippen MR) is 87.5 cm³/mol. The van der Waals surface area contributed by atoms with Crippen LogP contribution >= 0.6 is 0 Å². The molecule has 0 bridgehead atoms. The van der Waals surface area contributed by atoms with Crippen molar-refractivity contribution in [3.05, 3.63) is 60.4 Å². The molecule has 3 rings (SSSR count). The van der Waals surface area contributed by atoms with Crippen molar-refractivity contribution in [2.75, 3.05) is 5.32 Å². The van der Waals surface area contributed by atoms with Crippen molar-refractivity contribution in [2.24, 2.45) is 11.8 Å². The van der Waals surface area contributed by atoms with Crippen LogP contribution in [0.15, 0.2) is 54.9 Å². The number of amides is 2. The number of carbonyl (C=O) groups excluding carboxylic acids is 2. The summed E-state index contributed by atoms with van der Waals surface area (Å²) in [5.41, 5.74) is 1.54. The second-order valence-electron chi connectivity index (χ2n) is 5.93. The van der Waals surface area contributed by atoms with E-state index >= 15 is 0 Å². The first-order valence-corrected chi connectivity index (χ1v) is 7.72. The maximum atomic E-state index is 12.2. The van der Waals surface area contributed by atoms with Gasteiger partial charge in [0, 0.05) is 6.20 Å². The Balaban J connectivity index is 1.68. The van der Waals surface area contributed by atoms with Crippen LogP contribution in [0.25, 0.3) is 0 Å². The van der Waals surface area contributed by atoms with Crippen molar-refractivity contribution in [3.63, 3.8) is 0 Å². The van der Waals surface area contributed by atoms with Gasteiger partial charge in [-0.15, -0.1) is 0 Å². The van der Waals surface area contributed by atoms with Gasteiger partial charge in [0.25, 0.3) is 0 Å². The van der Waals surface area contributed by atoms with Crippen LogP contribution < -0.4 is 10.6 Å². The summed E-state index contributed by atoms with van der Waals surface area (Å²) >= 11 is 0. The third kappa shape index (κ3) is 3.74. The molecule has 5 nitrogen and oxygen atoms in total. The van der Waals surface area contributed by atoms with Gasteiger partial charge in [-0.3, -0.25) is 14.6 Å². The van der Waals surface area contributed by atoms with E-state index in [1.54, 1.807) is 18.3 Å². The van der Waals surface area contributed by atoms with Gasteiger partial charge in [0.2, 0.25) is 0 Å². The molecular weight excluding hydrogens is 290 g/mol. The molecule has 0 saturated heterocycles. The molecule has 3 unspecified atom stereocenters. The number of hydrogen-bond donors (Lipinski definition) is 2. The molecule has 23 heavy (non-hydrogen) atoms. The van der Waals surface area contributed by atoms with Crippen LogP contribution in [0.3, 0.4) is 0 Å². The fourth-order valence-corrected chi connectivity index (χ4v) is 2.74. The number of aromatic nitrogens is 1. The summed E-state index contributed by atoms with van der Waals surface area (Å²) in [6, 6.07) is 13.0. The van der Waals surface area contributed by atoms with Crippen molar-refractivity contribution in [3.8, 4) is 0 Å². The molecule has 1 saturated carbocycles. The topological polar surface area (TPSA) is 71.1 Å². The summed E-state index contributed by atoms with van der Waals surface area (Å²) in [5.74, 6) is -0.358. The zero-order valence-electron chi connectivity index (χ0n) is 12.9. The highest BCUT2D eigenvalue weighted by molar-refractivity contribution is 6.39. The smallest absolute Gasteiger partial charge is 0.313 e. The summed E-state index contributed by atoms with van der Waals surface area (Å²) in [6.45, 7) is 2.16. The average Bonchev–Trinajstić information content (AvgIpc) is 3.30. The lowest BCUT2D eigenvalue weighted by atomic mass is 10.0. The highest BCUT2D eigenvalue weighted by Crippen LogP contribution is 2.46. The molecule has 2 amide bonds. The SMILES string of the molecule is CC1CC1C(NC(=O)C(=O)Nc1cccnc1)c1ccccc1. The van der Waals surface area contributed by atoms with Crippen LogP contribution in [0, 0.1) is 11.8 Å². The van der Waals surface area contributed by atoms with E-state index in [-0.39, 0.29) is 6.04 Å². The summed E-state index contributed by atoms with van der Waals surface area (Å²) < 4.78 is 0. The molecule has 3 atom stereocenters. The molecule has 1 aromatic heterocycles. The van der Waals surface area contributed by atoms with Gasteiger partial charge < -0.3 is 10.6 Å². The van der Waals surface area contributed by atoms with Crippen molar-refractivity contribution >= 4 is 17.5 Å². The van der Waals surface area contributed by atoms with Gasteiger partial charge >= 0.3 is 11.8 Å². The van der Waals surface area contributed by atoms with Crippen molar-refractivity contribution < 1.29 is 9.59 Å². The minimum atomic E-state index is -0.674. The molecule has 118 valence electrons. The zero-order chi connectivity index (χ0) is 16.2. The quantitative estimate of drug-likeness (QED) is 0.853. The Bertz CT molecular complexity index is 688. The third-order valence-corrected chi connectivity index (χ3v) is 4.17. The van der Waals surface area contributed by atoms with Crippen LogP contribution in [0.2, 0.25) is 0 Å². The largest absolute Gasteiger partial charge is 0.341 e. The normalized spacial score (nSPS) is 20.4. The van der Waals surface area contributed by atoms with Crippen LogP contribution in [-0.2, 0) is 9.59 Å². The van der Waals surface area contributed by atoms with Crippen molar-refractivity contribution in [2.45, 2.75) is 19.4 Å². The Hall–Kier alpha value is -2.69. The lowest BCUT2D eigenvalue weighted by molar-refractivity contribution is -0.136. The molecule has 5 heteroatoms. The average molecular weight is 309 g/mol. The van der Waals surface area contributed by atoms with Crippen LogP contribution in [-0.4, -0.2) is 16.8 Å². The number of rotatable bonds is 4. The first-order chi connectivity index (χ1) is 11.1. The lowest BCUT2D eigenvalue weighted by Gasteiger charge is -2.19. The second-order valence-corrected chi connectivity index (χ2v) is 5.93. The fraction of sp³-hybridized carbons (Fsp3) is 0.278. The Morgan fingerprint density at radius 3 is 2.48 bits per heavy atom. The second kappa shape index (κ2) is 6.60. The van der Waals surface area contributed by atoms with Gasteiger partial charge in [0.05, 0.1) is 17.9 Å². The van der Waals surface area contributed by atoms with Crippen molar-refractivity contribution in [1.29, 1.82) is 0 Å². The van der Waals surface area contributed by atoms with Crippen molar-refractivity contribution in [1.82, 2.24) is 10.3 Å². The lowest BCUT2D eigenvalue weighted by Crippen LogP contribution is -2.38. The Morgan fingerprint density at radius 2 is 1.87 bits per heavy atom. The number of nitrogens with one attached hydrogen (secondary N) is 2. The molecule has 1 heterocycles. The molecular formula is C18H19N3O2. The number of hydrogen-bond acceptors (Lipinski definition) is 3. The number of anilines is 1. The van der Waals surface area contributed by atoms with E-state index in [9.17, 15) is 9.59 Å². The van der Waals surface area contributed by atoms with E-state index < -0.39 is 11.8 Å². The van der Waals surface area contributed by atoms with Crippen LogP contribution in [0.1, 0.15) is 24.9 Å². The van der Waals surface area contributed by atoms with Gasteiger partial charge in [-0.2, -0.15) is 0 Å². The molecule has 1 aromatic carbocycles. The Kier molecular flexibility index (Phi) is 4.37. The highest BCUT2D eigenvalue weighted by atomic mass is 16.2. The van der Waals surface area contributed by atoms with Gasteiger partial charge in [0.1, 0.15) is 0 Å². The first kappa shape index (κ1) is 15.2. The first-order valence-electron chi connectivity index (χ1n) is 7.72. The van der Waals surface area contributed by atoms with E-state index in [0.717, 1.165) is 12.0 Å². The number of benzene rings is 1. The van der Waals surface area contributed by atoms with Crippen LogP contribution in [0.4, 0.5) is 5.69 Å². The van der Waals surface area contributed by atoms with E-state index in [1.807, 2.05) is 30.3 Å². The van der Waals surface area contributed by atoms with Gasteiger partial charge in [-0.05, 0) is 36.0 Å². The van der Waals surface area contributed by atoms with Gasteiger partial charge in [-0.25, -0.2) is 0 Å². The minimum absolute atomic E-state index is 0.127. The molecule has 1 fully saturated rings. The van der Waals surface area contributed by atoms with E-state index in [2.05, 4.69) is 22.5 Å². The highest BCUT2D eigenvalue weighted by Gasteiger charge is 2.41. The summed E-state index contributed by atoms with van der Waals surface area (Å²) in [6.07, 6.45) is 4.17. The molecule has 1 aliphatic rings. The Morgan fingerprint density at radius 1 is 1.13 bits per heavy atom. The molecule has 2 N–H and O–H groups in total. The van der Waals surface area contributed by atoms with E-state index in [4.69, 9.17) is 0 Å². The number of nitrogens with zero attached hydrogens (tertiary/aromatic N) is 1. The van der Waals surface area contributed by atoms with E-state index in [0.29, 0.717) is 17.5 Å². The molecule has 0 spiro atoms. The molecule has 0 aliphatic heterocycles. The summed E-state index contributed by atoms with van der Waals surface area (Å²) in [7, 11) is 0. The molecule has 2 aromatic rings. The Labute approximate surface area is 135 Å². The maximum absolute atomic E-state index is 12.2. The fourth-order valence-electron chi connectivity index (χ4n) is 2.74. The summed E-state index contributed by atoms with van der Waals surface area (Å²) in [4.78, 5) is 28.2. The molecule has 0 radical (unpaired) electrons. The third-order valence-electron chi connectivity index (χ3n) is 4.17. The number of pyridine rings is 1. The standard InChI is InChI=1S/C18H19N3O2/c1-12-10-15(12)16(13-6-3-2-4-7-13)21-18(23)17(22)20-14-8-5-9-19-11-14/h2-9,11-12,15-16H,10H2,1H3,(H,20,22)(H,21,23). The number of carbonyl (C=O) groups is 2. The maximum Gasteiger partial charge on any atom is 0.313 e. The van der Waals surface area contributed by atoms with Crippen LogP contribution in [0.5, 0.6) is 0 Å². The summed E-state index contributed by atoms with van der Waals surface area (Å²) in [5, 5.41) is 5.43. The monoisotopic (exact) mass is 309 g/mol. The predicted octanol–water partition coefficient (Wildman–Crippen LogP) is 2.53. The van der Waals surface area contributed by atoms with E-state index in [1.165, 1.54) is 6.20 Å². The zero-order valence-corrected chi connectivity index (χ0v) is 12.9. The minimum Gasteiger partial charge on any atom is -0.341 e.